The minimum atomic E-state index is -1.90. The number of nitrogens with two attached hydrogens (primary N) is 1. The number of fused-ring (bicyclic) bond motifs is 1. The predicted octanol–water partition coefficient (Wildman–Crippen LogP) is 0.190. The normalized spacial score (nSPS) is 23.2. The molecule has 6 N–H and O–H groups in total. The number of nitrogens with zero attached hydrogens (tertiary/aromatic N) is 3. The molecular weight excluding hydrogens is 547 g/mol. The molecule has 4 rings (SSSR count). The lowest BCUT2D eigenvalue weighted by atomic mass is 9.96. The van der Waals surface area contributed by atoms with Crippen molar-refractivity contribution < 1.29 is 38.4 Å². The van der Waals surface area contributed by atoms with Crippen molar-refractivity contribution in [1.82, 2.24) is 25.0 Å². The van der Waals surface area contributed by atoms with Gasteiger partial charge in [0.25, 0.3) is 5.56 Å². The SMILES string of the molecule is CC(C)OC(=O)[C@H](C)NOC[C@@]1(C#Cc2ccccc2OP=O)O[C@@H](n2cnc3c(=O)[nH]c(N)nc32)C(O)C1O. The molecule has 2 aromatic heterocycles. The Morgan fingerprint density at radius 2 is 2.10 bits per heavy atom. The highest BCUT2D eigenvalue weighted by Gasteiger charge is 2.55. The number of anilines is 1. The Labute approximate surface area is 228 Å². The number of aliphatic hydroxyl groups excluding tert-OH is 2. The quantitative estimate of drug-likeness (QED) is 0.100. The molecule has 0 amide bonds. The van der Waals surface area contributed by atoms with Crippen LogP contribution in [0.2, 0.25) is 0 Å². The van der Waals surface area contributed by atoms with E-state index in [9.17, 15) is 24.4 Å². The van der Waals surface area contributed by atoms with Gasteiger partial charge in [-0.25, -0.2) is 9.55 Å². The van der Waals surface area contributed by atoms with Crippen LogP contribution in [0.3, 0.4) is 0 Å². The third-order valence-electron chi connectivity index (χ3n) is 5.83. The van der Waals surface area contributed by atoms with Crippen molar-refractivity contribution in [3.63, 3.8) is 0 Å². The lowest BCUT2D eigenvalue weighted by Crippen LogP contribution is -2.48. The molecule has 212 valence electrons. The first-order valence-corrected chi connectivity index (χ1v) is 12.8. The zero-order valence-electron chi connectivity index (χ0n) is 21.6. The molecular formula is C24H27N6O9P. The van der Waals surface area contributed by atoms with Crippen LogP contribution >= 0.6 is 8.69 Å². The van der Waals surface area contributed by atoms with Crippen LogP contribution in [-0.4, -0.2) is 72.3 Å². The number of ether oxygens (including phenoxy) is 2. The van der Waals surface area contributed by atoms with Gasteiger partial charge in [0.05, 0.1) is 18.0 Å². The number of benzene rings is 1. The molecule has 1 aromatic carbocycles. The van der Waals surface area contributed by atoms with Crippen LogP contribution in [0.5, 0.6) is 5.75 Å². The Kier molecular flexibility index (Phi) is 8.79. The van der Waals surface area contributed by atoms with Crippen molar-refractivity contribution in [2.45, 2.75) is 57.0 Å². The maximum absolute atomic E-state index is 12.2. The molecule has 0 saturated carbocycles. The van der Waals surface area contributed by atoms with E-state index in [4.69, 9.17) is 24.6 Å². The molecule has 1 saturated heterocycles. The van der Waals surface area contributed by atoms with Crippen LogP contribution in [0.4, 0.5) is 5.95 Å². The van der Waals surface area contributed by atoms with Crippen molar-refractivity contribution in [1.29, 1.82) is 0 Å². The third-order valence-corrected chi connectivity index (χ3v) is 6.10. The number of carbonyl (C=O) groups is 1. The average molecular weight is 574 g/mol. The van der Waals surface area contributed by atoms with E-state index in [-0.39, 0.29) is 29.0 Å². The van der Waals surface area contributed by atoms with E-state index >= 15 is 0 Å². The molecule has 2 unspecified atom stereocenters. The van der Waals surface area contributed by atoms with E-state index in [1.54, 1.807) is 32.0 Å². The zero-order valence-corrected chi connectivity index (χ0v) is 22.5. The van der Waals surface area contributed by atoms with Gasteiger partial charge in [0.15, 0.2) is 28.7 Å². The highest BCUT2D eigenvalue weighted by molar-refractivity contribution is 7.17. The molecule has 40 heavy (non-hydrogen) atoms. The second-order valence-corrected chi connectivity index (χ2v) is 9.47. The van der Waals surface area contributed by atoms with E-state index in [1.165, 1.54) is 23.9 Å². The van der Waals surface area contributed by atoms with Crippen molar-refractivity contribution in [2.75, 3.05) is 12.3 Å². The molecule has 16 heteroatoms. The van der Waals surface area contributed by atoms with Gasteiger partial charge in [0.1, 0.15) is 24.9 Å². The summed E-state index contributed by atoms with van der Waals surface area (Å²) >= 11 is 0. The fourth-order valence-corrected chi connectivity index (χ4v) is 4.15. The minimum Gasteiger partial charge on any atom is -0.462 e. The van der Waals surface area contributed by atoms with Crippen molar-refractivity contribution in [3.8, 4) is 17.6 Å². The Morgan fingerprint density at radius 1 is 1.35 bits per heavy atom. The number of hydrogen-bond acceptors (Lipinski definition) is 13. The molecule has 15 nitrogen and oxygen atoms in total. The Hall–Kier alpha value is -3.90. The van der Waals surface area contributed by atoms with Crippen LogP contribution in [-0.2, 0) is 23.7 Å². The summed E-state index contributed by atoms with van der Waals surface area (Å²) in [5.74, 6) is 5.02. The number of nitrogens with one attached hydrogen (secondary N) is 2. The van der Waals surface area contributed by atoms with Crippen LogP contribution in [0.25, 0.3) is 11.2 Å². The van der Waals surface area contributed by atoms with E-state index in [1.807, 2.05) is 0 Å². The summed E-state index contributed by atoms with van der Waals surface area (Å²) in [5, 5.41) is 22.2. The second-order valence-electron chi connectivity index (χ2n) is 9.13. The number of esters is 1. The van der Waals surface area contributed by atoms with E-state index in [0.717, 1.165) is 0 Å². The van der Waals surface area contributed by atoms with Crippen molar-refractivity contribution in [3.05, 3.63) is 46.5 Å². The molecule has 3 heterocycles. The number of carbonyl (C=O) groups excluding carboxylic acids is 1. The van der Waals surface area contributed by atoms with Crippen LogP contribution in [0.1, 0.15) is 32.6 Å². The topological polar surface area (TPSA) is 213 Å². The van der Waals surface area contributed by atoms with E-state index in [2.05, 4.69) is 32.3 Å². The van der Waals surface area contributed by atoms with Gasteiger partial charge in [-0.2, -0.15) is 10.5 Å². The van der Waals surface area contributed by atoms with E-state index in [0.29, 0.717) is 5.56 Å². The minimum absolute atomic E-state index is 0.00134. The highest BCUT2D eigenvalue weighted by atomic mass is 31.1. The van der Waals surface area contributed by atoms with Crippen LogP contribution < -0.4 is 21.3 Å². The van der Waals surface area contributed by atoms with Crippen LogP contribution in [0, 0.1) is 11.8 Å². The van der Waals surface area contributed by atoms with Gasteiger partial charge in [0, 0.05) is 0 Å². The molecule has 0 bridgehead atoms. The summed E-state index contributed by atoms with van der Waals surface area (Å²) in [7, 11) is -0.602. The largest absolute Gasteiger partial charge is 0.462 e. The lowest BCUT2D eigenvalue weighted by Gasteiger charge is -2.27. The van der Waals surface area contributed by atoms with E-state index < -0.39 is 56.9 Å². The van der Waals surface area contributed by atoms with Crippen molar-refractivity contribution in [2.24, 2.45) is 0 Å². The average Bonchev–Trinajstić information content (AvgIpc) is 3.43. The summed E-state index contributed by atoms with van der Waals surface area (Å²) < 4.78 is 28.6. The number of imidazole rings is 1. The Morgan fingerprint density at radius 3 is 2.83 bits per heavy atom. The summed E-state index contributed by atoms with van der Waals surface area (Å²) in [6.45, 7) is 4.42. The molecule has 3 aromatic rings. The first-order chi connectivity index (χ1) is 19.1. The summed E-state index contributed by atoms with van der Waals surface area (Å²) in [6.07, 6.45) is -3.75. The van der Waals surface area contributed by atoms with Crippen molar-refractivity contribution >= 4 is 31.8 Å². The predicted molar refractivity (Wildman–Crippen MR) is 139 cm³/mol. The molecule has 0 spiro atoms. The number of hydrogen-bond donors (Lipinski definition) is 5. The fraction of sp³-hybridized carbons (Fsp3) is 0.417. The number of aromatic amines is 1. The Bertz CT molecular complexity index is 1520. The molecule has 0 radical (unpaired) electrons. The summed E-state index contributed by atoms with van der Waals surface area (Å²) in [6, 6.07) is 5.55. The maximum Gasteiger partial charge on any atom is 0.395 e. The molecule has 1 fully saturated rings. The summed E-state index contributed by atoms with van der Waals surface area (Å²) in [4.78, 5) is 40.3. The van der Waals surface area contributed by atoms with Gasteiger partial charge in [-0.3, -0.25) is 24.0 Å². The van der Waals surface area contributed by atoms with Gasteiger partial charge in [-0.1, -0.05) is 24.0 Å². The number of nitrogen functional groups attached to an aromatic ring is 1. The molecule has 1 aliphatic rings. The zero-order chi connectivity index (χ0) is 29.0. The number of H-pyrrole nitrogens is 1. The smallest absolute Gasteiger partial charge is 0.395 e. The van der Waals surface area contributed by atoms with Gasteiger partial charge in [0.2, 0.25) is 5.95 Å². The standard InChI is InChI=1S/C24H27N6O9P/c1-12(2)37-22(34)13(3)29-36-10-24(9-8-14-6-4-5-7-15(14)39-40-35)18(32)17(31)21(38-24)30-11-26-16-19(30)27-23(25)28-20(16)33/h4-7,11-13,17-18,21,29,31-32H,10H2,1-3H3,(H3,25,27,28,33)/t13-,17?,18?,21+,24+/m0/s1. The number of aromatic nitrogens is 4. The highest BCUT2D eigenvalue weighted by Crippen LogP contribution is 2.38. The third kappa shape index (κ3) is 5.97. The maximum atomic E-state index is 12.2. The first kappa shape index (κ1) is 29.1. The van der Waals surface area contributed by atoms with Gasteiger partial charge >= 0.3 is 14.7 Å². The molecule has 1 aliphatic heterocycles. The number of rotatable bonds is 9. The molecule has 5 atom stereocenters. The molecule has 0 aliphatic carbocycles. The van der Waals surface area contributed by atoms with Gasteiger partial charge < -0.3 is 29.9 Å². The summed E-state index contributed by atoms with van der Waals surface area (Å²) in [5.41, 5.74) is 5.93. The fourth-order valence-electron chi connectivity index (χ4n) is 3.92. The number of aliphatic hydroxyl groups is 2. The van der Waals surface area contributed by atoms with Crippen LogP contribution in [0.15, 0.2) is 35.4 Å². The van der Waals surface area contributed by atoms with Gasteiger partial charge in [-0.05, 0) is 32.9 Å². The second kappa shape index (κ2) is 12.1. The number of hydroxylamine groups is 1. The lowest BCUT2D eigenvalue weighted by molar-refractivity contribution is -0.159. The monoisotopic (exact) mass is 574 g/mol. The number of para-hydroxylation sites is 1. The first-order valence-electron chi connectivity index (χ1n) is 12.0. The Balaban J connectivity index is 1.69. The van der Waals surface area contributed by atoms with Gasteiger partial charge in [-0.15, -0.1) is 0 Å².